The molecule has 0 saturated carbocycles. The lowest BCUT2D eigenvalue weighted by molar-refractivity contribution is 0.262. The summed E-state index contributed by atoms with van der Waals surface area (Å²) in [6.45, 7) is 6.50. The number of rotatable bonds is 3. The van der Waals surface area contributed by atoms with Gasteiger partial charge in [0.05, 0.1) is 12.2 Å². The topological polar surface area (TPSA) is 15.7 Å². The minimum absolute atomic E-state index is 0.480. The first-order chi connectivity index (χ1) is 9.69. The second-order valence-corrected chi connectivity index (χ2v) is 6.95. The third kappa shape index (κ3) is 2.63. The van der Waals surface area contributed by atoms with E-state index in [-0.39, 0.29) is 0 Å². The van der Waals surface area contributed by atoms with Crippen LogP contribution in [0.1, 0.15) is 24.9 Å². The van der Waals surface area contributed by atoms with Gasteiger partial charge in [-0.05, 0) is 43.8 Å². The Morgan fingerprint density at radius 3 is 2.95 bits per heavy atom. The van der Waals surface area contributed by atoms with Crippen LogP contribution in [0.2, 0.25) is 0 Å². The van der Waals surface area contributed by atoms with Crippen molar-refractivity contribution >= 4 is 17.4 Å². The van der Waals surface area contributed by atoms with Crippen LogP contribution in [-0.2, 0) is 0 Å². The van der Waals surface area contributed by atoms with Crippen LogP contribution >= 0.6 is 11.8 Å². The van der Waals surface area contributed by atoms with Crippen molar-refractivity contribution in [3.63, 3.8) is 0 Å². The molecule has 0 aromatic heterocycles. The van der Waals surface area contributed by atoms with Gasteiger partial charge < -0.3 is 9.64 Å². The molecule has 0 spiro atoms. The third-order valence-electron chi connectivity index (χ3n) is 4.62. The predicted octanol–water partition coefficient (Wildman–Crippen LogP) is 3.01. The summed E-state index contributed by atoms with van der Waals surface area (Å²) in [5.74, 6) is 1.05. The molecule has 1 saturated heterocycles. The fraction of sp³-hybridized carbons (Fsp3) is 0.625. The highest BCUT2D eigenvalue weighted by atomic mass is 32.2. The van der Waals surface area contributed by atoms with E-state index in [2.05, 4.69) is 48.2 Å². The molecule has 2 unspecified atom stereocenters. The predicted molar refractivity (Wildman–Crippen MR) is 87.1 cm³/mol. The molecular weight excluding hydrogens is 268 g/mol. The molecule has 20 heavy (non-hydrogen) atoms. The highest BCUT2D eigenvalue weighted by molar-refractivity contribution is 7.99. The maximum atomic E-state index is 5.83. The van der Waals surface area contributed by atoms with Gasteiger partial charge in [0, 0.05) is 24.9 Å². The van der Waals surface area contributed by atoms with Crippen LogP contribution in [0.3, 0.4) is 0 Å². The average molecular weight is 292 g/mol. The molecule has 2 aliphatic heterocycles. The smallest absolute Gasteiger partial charge is 0.143 e. The fourth-order valence-corrected chi connectivity index (χ4v) is 3.83. The molecule has 2 atom stereocenters. The molecule has 1 fully saturated rings. The second kappa shape index (κ2) is 5.86. The van der Waals surface area contributed by atoms with E-state index >= 15 is 0 Å². The number of nitrogens with zero attached hydrogens (tertiary/aromatic N) is 2. The molecular formula is C16H24N2OS. The van der Waals surface area contributed by atoms with E-state index in [0.29, 0.717) is 6.04 Å². The van der Waals surface area contributed by atoms with Crippen molar-refractivity contribution in [2.75, 3.05) is 44.4 Å². The minimum Gasteiger partial charge on any atom is -0.490 e. The number of likely N-dealkylation sites (N-methyl/N-ethyl adjacent to an activating group) is 1. The van der Waals surface area contributed by atoms with Crippen LogP contribution in [0.15, 0.2) is 18.2 Å². The summed E-state index contributed by atoms with van der Waals surface area (Å²) in [5, 5.41) is 0.803. The molecule has 1 aromatic rings. The zero-order chi connectivity index (χ0) is 14.1. The summed E-state index contributed by atoms with van der Waals surface area (Å²) in [4.78, 5) is 4.86. The van der Waals surface area contributed by atoms with Crippen molar-refractivity contribution in [1.82, 2.24) is 4.90 Å². The quantitative estimate of drug-likeness (QED) is 0.850. The first kappa shape index (κ1) is 14.1. The van der Waals surface area contributed by atoms with Crippen molar-refractivity contribution in [2.45, 2.75) is 24.6 Å². The Morgan fingerprint density at radius 2 is 2.20 bits per heavy atom. The number of fused-ring (bicyclic) bond motifs is 1. The Kier molecular flexibility index (Phi) is 4.13. The molecule has 3 rings (SSSR count). The number of hydrogen-bond acceptors (Lipinski definition) is 4. The summed E-state index contributed by atoms with van der Waals surface area (Å²) < 4.78 is 5.83. The SMILES string of the molecule is CSC1CCN(C(C)c2ccc3c(c2)OCCN3C)C1. The lowest BCUT2D eigenvalue weighted by Crippen LogP contribution is -2.29. The monoisotopic (exact) mass is 292 g/mol. The Morgan fingerprint density at radius 1 is 1.35 bits per heavy atom. The molecule has 2 aliphatic rings. The maximum Gasteiger partial charge on any atom is 0.143 e. The third-order valence-corrected chi connectivity index (χ3v) is 5.67. The number of likely N-dealkylation sites (tertiary alicyclic amines) is 1. The number of anilines is 1. The van der Waals surface area contributed by atoms with E-state index in [1.807, 2.05) is 11.8 Å². The van der Waals surface area contributed by atoms with Crippen LogP contribution in [0.25, 0.3) is 0 Å². The van der Waals surface area contributed by atoms with Crippen LogP contribution < -0.4 is 9.64 Å². The Labute approximate surface area is 126 Å². The van der Waals surface area contributed by atoms with Crippen LogP contribution in [0.5, 0.6) is 5.75 Å². The zero-order valence-corrected chi connectivity index (χ0v) is 13.4. The van der Waals surface area contributed by atoms with E-state index < -0.39 is 0 Å². The lowest BCUT2D eigenvalue weighted by atomic mass is 10.1. The minimum atomic E-state index is 0.480. The van der Waals surface area contributed by atoms with Gasteiger partial charge in [-0.15, -0.1) is 0 Å². The van der Waals surface area contributed by atoms with Gasteiger partial charge in [-0.3, -0.25) is 4.90 Å². The molecule has 0 bridgehead atoms. The normalized spacial score (nSPS) is 24.4. The molecule has 0 N–H and O–H groups in total. The van der Waals surface area contributed by atoms with E-state index in [1.165, 1.54) is 30.8 Å². The van der Waals surface area contributed by atoms with Gasteiger partial charge in [-0.1, -0.05) is 6.07 Å². The fourth-order valence-electron chi connectivity index (χ4n) is 3.14. The summed E-state index contributed by atoms with van der Waals surface area (Å²) in [6.07, 6.45) is 3.54. The van der Waals surface area contributed by atoms with Crippen LogP contribution in [-0.4, -0.2) is 49.7 Å². The summed E-state index contributed by atoms with van der Waals surface area (Å²) >= 11 is 2.00. The van der Waals surface area contributed by atoms with Crippen molar-refractivity contribution in [1.29, 1.82) is 0 Å². The highest BCUT2D eigenvalue weighted by Crippen LogP contribution is 2.35. The van der Waals surface area contributed by atoms with E-state index in [4.69, 9.17) is 4.74 Å². The molecule has 2 heterocycles. The average Bonchev–Trinajstić information content (AvgIpc) is 2.95. The van der Waals surface area contributed by atoms with Gasteiger partial charge in [0.15, 0.2) is 0 Å². The standard InChI is InChI=1S/C16H24N2OS/c1-12(18-7-6-14(11-18)20-3)13-4-5-15-16(10-13)19-9-8-17(15)2/h4-5,10,12,14H,6-9,11H2,1-3H3. The maximum absolute atomic E-state index is 5.83. The van der Waals surface area contributed by atoms with Crippen molar-refractivity contribution in [3.05, 3.63) is 23.8 Å². The van der Waals surface area contributed by atoms with Gasteiger partial charge in [0.25, 0.3) is 0 Å². The lowest BCUT2D eigenvalue weighted by Gasteiger charge is -2.30. The second-order valence-electron chi connectivity index (χ2n) is 5.81. The van der Waals surface area contributed by atoms with Gasteiger partial charge >= 0.3 is 0 Å². The first-order valence-electron chi connectivity index (χ1n) is 7.44. The Balaban J connectivity index is 1.77. The van der Waals surface area contributed by atoms with Gasteiger partial charge in [0.2, 0.25) is 0 Å². The largest absolute Gasteiger partial charge is 0.490 e. The number of hydrogen-bond donors (Lipinski definition) is 0. The van der Waals surface area contributed by atoms with Gasteiger partial charge in [-0.2, -0.15) is 11.8 Å². The summed E-state index contributed by atoms with van der Waals surface area (Å²) in [6, 6.07) is 7.19. The molecule has 3 nitrogen and oxygen atoms in total. The molecule has 0 radical (unpaired) electrons. The molecule has 0 aliphatic carbocycles. The number of thioether (sulfide) groups is 1. The molecule has 0 amide bonds. The van der Waals surface area contributed by atoms with Crippen molar-refractivity contribution < 1.29 is 4.74 Å². The Bertz CT molecular complexity index is 480. The van der Waals surface area contributed by atoms with E-state index in [0.717, 1.165) is 24.2 Å². The van der Waals surface area contributed by atoms with Crippen molar-refractivity contribution in [3.8, 4) is 5.75 Å². The number of ether oxygens (including phenoxy) is 1. The highest BCUT2D eigenvalue weighted by Gasteiger charge is 2.27. The van der Waals surface area contributed by atoms with Crippen molar-refractivity contribution in [2.24, 2.45) is 0 Å². The summed E-state index contributed by atoms with van der Waals surface area (Å²) in [5.41, 5.74) is 2.59. The van der Waals surface area contributed by atoms with Gasteiger partial charge in [0.1, 0.15) is 12.4 Å². The van der Waals surface area contributed by atoms with Gasteiger partial charge in [-0.25, -0.2) is 0 Å². The summed E-state index contributed by atoms with van der Waals surface area (Å²) in [7, 11) is 2.13. The zero-order valence-electron chi connectivity index (χ0n) is 12.6. The first-order valence-corrected chi connectivity index (χ1v) is 8.72. The van der Waals surface area contributed by atoms with Crippen LogP contribution in [0.4, 0.5) is 5.69 Å². The molecule has 4 heteroatoms. The van der Waals surface area contributed by atoms with E-state index in [1.54, 1.807) is 0 Å². The molecule has 110 valence electrons. The molecule has 1 aromatic carbocycles. The number of benzene rings is 1. The van der Waals surface area contributed by atoms with E-state index in [9.17, 15) is 0 Å². The van der Waals surface area contributed by atoms with Crippen LogP contribution in [0, 0.1) is 0 Å². The Hall–Kier alpha value is -0.870.